The maximum atomic E-state index is 5.82. The molecule has 0 radical (unpaired) electrons. The molecule has 10 heavy (non-hydrogen) atoms. The molecule has 0 amide bonds. The van der Waals surface area contributed by atoms with Crippen LogP contribution in [0.3, 0.4) is 0 Å². The third-order valence-electron chi connectivity index (χ3n) is 0.972. The van der Waals surface area contributed by atoms with Crippen molar-refractivity contribution in [1.29, 1.82) is 0 Å². The third-order valence-corrected chi connectivity index (χ3v) is 3.09. The Balaban J connectivity index is 3.48. The lowest BCUT2D eigenvalue weighted by atomic mass is 10.8. The van der Waals surface area contributed by atoms with Gasteiger partial charge in [0.05, 0.1) is 13.2 Å². The summed E-state index contributed by atoms with van der Waals surface area (Å²) in [7, 11) is 3.28. The summed E-state index contributed by atoms with van der Waals surface area (Å²) in [5, 5.41) is 0. The Hall–Kier alpha value is 0.440. The van der Waals surface area contributed by atoms with Crippen LogP contribution in [0, 0.1) is 0 Å². The molecule has 0 N–H and O–H groups in total. The largest absolute Gasteiger partial charge is 0.382 e. The average molecular weight is 186 g/mol. The van der Waals surface area contributed by atoms with Crippen LogP contribution in [0.4, 0.5) is 0 Å². The quantitative estimate of drug-likeness (QED) is 0.497. The van der Waals surface area contributed by atoms with Crippen LogP contribution in [0.25, 0.3) is 0 Å². The van der Waals surface area contributed by atoms with Crippen LogP contribution in [-0.4, -0.2) is 34.0 Å². The molecule has 0 aromatic carbocycles. The fraction of sp³-hybridized carbons (Fsp3) is 1.00. The van der Waals surface area contributed by atoms with Gasteiger partial charge in [0.15, 0.2) is 6.63 Å². The van der Waals surface area contributed by atoms with Gasteiger partial charge in [0, 0.05) is 20.8 Å². The van der Waals surface area contributed by atoms with Gasteiger partial charge in [-0.1, -0.05) is 0 Å². The first-order valence-corrected chi connectivity index (χ1v) is 5.94. The molecule has 0 aliphatic rings. The summed E-state index contributed by atoms with van der Waals surface area (Å²) in [4.78, 5) is 0. The minimum absolute atomic E-state index is 0.515. The van der Waals surface area contributed by atoms with Crippen molar-refractivity contribution in [3.63, 3.8) is 0 Å². The molecule has 0 aromatic rings. The fourth-order valence-corrected chi connectivity index (χ4v) is 1.08. The Morgan fingerprint density at radius 2 is 2.10 bits per heavy atom. The Morgan fingerprint density at radius 3 is 2.50 bits per heavy atom. The van der Waals surface area contributed by atoms with Crippen LogP contribution in [0.15, 0.2) is 4.74 Å². The first-order chi connectivity index (χ1) is 4.62. The zero-order valence-corrected chi connectivity index (χ0v) is 8.15. The van der Waals surface area contributed by atoms with Crippen molar-refractivity contribution < 1.29 is 9.26 Å². The van der Waals surface area contributed by atoms with Gasteiger partial charge in [-0.05, 0) is 11.2 Å². The molecule has 0 spiro atoms. The summed E-state index contributed by atoms with van der Waals surface area (Å²) >= 11 is 5.82. The van der Waals surface area contributed by atoms with E-state index in [1.54, 1.807) is 20.8 Å². The van der Waals surface area contributed by atoms with Gasteiger partial charge >= 0.3 is 0 Å². The Morgan fingerprint density at radius 1 is 1.50 bits per heavy atom. The van der Waals surface area contributed by atoms with Gasteiger partial charge < -0.3 is 9.26 Å². The van der Waals surface area contributed by atoms with Gasteiger partial charge in [0.25, 0.3) is 0 Å². The molecule has 62 valence electrons. The lowest BCUT2D eigenvalue weighted by Crippen LogP contribution is -1.97. The van der Waals surface area contributed by atoms with Gasteiger partial charge in [-0.25, -0.2) is 0 Å². The van der Waals surface area contributed by atoms with E-state index in [9.17, 15) is 0 Å². The molecule has 0 bridgehead atoms. The monoisotopic (exact) mass is 185 g/mol. The van der Waals surface area contributed by atoms with Gasteiger partial charge in [0.1, 0.15) is 0 Å². The second kappa shape index (κ2) is 5.14. The predicted octanol–water partition coefficient (Wildman–Crippen LogP) is 2.18. The fourth-order valence-electron chi connectivity index (χ4n) is 0.345. The molecule has 0 aromatic heterocycles. The minimum Gasteiger partial charge on any atom is -0.382 e. The Kier molecular flexibility index (Phi) is 5.36. The SMILES string of the molecule is CN=P(C)(Cl)OCCOC. The predicted molar refractivity (Wildman–Crippen MR) is 44.9 cm³/mol. The Labute approximate surface area is 66.6 Å². The molecule has 0 heterocycles. The van der Waals surface area contributed by atoms with Crippen molar-refractivity contribution in [3.8, 4) is 0 Å². The first kappa shape index (κ1) is 10.4. The number of methoxy groups -OCH3 is 1. The van der Waals surface area contributed by atoms with Crippen LogP contribution in [-0.2, 0) is 9.26 Å². The molecule has 0 saturated heterocycles. The van der Waals surface area contributed by atoms with E-state index in [4.69, 9.17) is 20.5 Å². The van der Waals surface area contributed by atoms with Crippen LogP contribution in [0.1, 0.15) is 0 Å². The van der Waals surface area contributed by atoms with E-state index in [-0.39, 0.29) is 0 Å². The maximum Gasteiger partial charge on any atom is 0.169 e. The standard InChI is InChI=1S/C5H13ClNO2P/c1-7-10(3,6)9-5-4-8-2/h4-5H2,1-3H3. The summed E-state index contributed by atoms with van der Waals surface area (Å²) < 4.78 is 13.9. The van der Waals surface area contributed by atoms with E-state index in [2.05, 4.69) is 4.74 Å². The molecule has 3 nitrogen and oxygen atoms in total. The van der Waals surface area contributed by atoms with Crippen molar-refractivity contribution in [1.82, 2.24) is 0 Å². The highest BCUT2D eigenvalue weighted by atomic mass is 35.7. The summed E-state index contributed by atoms with van der Waals surface area (Å²) in [6.07, 6.45) is 0. The molecule has 1 unspecified atom stereocenters. The lowest BCUT2D eigenvalue weighted by molar-refractivity contribution is 0.153. The van der Waals surface area contributed by atoms with E-state index >= 15 is 0 Å². The van der Waals surface area contributed by atoms with E-state index in [1.807, 2.05) is 0 Å². The van der Waals surface area contributed by atoms with Crippen LogP contribution >= 0.6 is 17.9 Å². The van der Waals surface area contributed by atoms with Gasteiger partial charge in [0.2, 0.25) is 0 Å². The van der Waals surface area contributed by atoms with Gasteiger partial charge in [-0.15, -0.1) is 0 Å². The number of nitrogens with zero attached hydrogens (tertiary/aromatic N) is 1. The van der Waals surface area contributed by atoms with Crippen molar-refractivity contribution in [2.24, 2.45) is 4.74 Å². The van der Waals surface area contributed by atoms with E-state index in [0.717, 1.165) is 0 Å². The summed E-state index contributed by atoms with van der Waals surface area (Å²) in [5.74, 6) is 0. The van der Waals surface area contributed by atoms with E-state index in [0.29, 0.717) is 13.2 Å². The first-order valence-electron chi connectivity index (χ1n) is 2.93. The van der Waals surface area contributed by atoms with E-state index < -0.39 is 6.63 Å². The number of rotatable bonds is 4. The molecular formula is C5H13ClNO2P. The molecule has 0 rings (SSSR count). The number of hydrogen-bond acceptors (Lipinski definition) is 3. The number of hydrogen-bond donors (Lipinski definition) is 0. The van der Waals surface area contributed by atoms with Gasteiger partial charge in [-0.2, -0.15) is 0 Å². The van der Waals surface area contributed by atoms with Crippen LogP contribution < -0.4 is 0 Å². The highest BCUT2D eigenvalue weighted by Gasteiger charge is 2.05. The maximum absolute atomic E-state index is 5.82. The molecule has 0 aliphatic heterocycles. The molecule has 1 atom stereocenters. The Bertz CT molecular complexity index is 134. The van der Waals surface area contributed by atoms with Gasteiger partial charge in [-0.3, -0.25) is 4.74 Å². The van der Waals surface area contributed by atoms with Crippen molar-refractivity contribution in [3.05, 3.63) is 0 Å². The normalized spacial score (nSPS) is 16.4. The van der Waals surface area contributed by atoms with Crippen molar-refractivity contribution in [2.45, 2.75) is 0 Å². The van der Waals surface area contributed by atoms with E-state index in [1.165, 1.54) is 0 Å². The van der Waals surface area contributed by atoms with Crippen LogP contribution in [0.5, 0.6) is 0 Å². The molecule has 0 fully saturated rings. The molecular weight excluding hydrogens is 172 g/mol. The summed E-state index contributed by atoms with van der Waals surface area (Å²) in [5.41, 5.74) is 0. The summed E-state index contributed by atoms with van der Waals surface area (Å²) in [6, 6.07) is 0. The highest BCUT2D eigenvalue weighted by Crippen LogP contribution is 2.51. The minimum atomic E-state index is -1.94. The second-order valence-electron chi connectivity index (χ2n) is 1.80. The van der Waals surface area contributed by atoms with Crippen LogP contribution in [0.2, 0.25) is 0 Å². The second-order valence-corrected chi connectivity index (χ2v) is 5.90. The molecule has 0 saturated carbocycles. The zero-order valence-electron chi connectivity index (χ0n) is 6.50. The molecule has 5 heteroatoms. The topological polar surface area (TPSA) is 30.8 Å². The highest BCUT2D eigenvalue weighted by molar-refractivity contribution is 7.86. The zero-order chi connectivity index (χ0) is 8.04. The lowest BCUT2D eigenvalue weighted by Gasteiger charge is -2.09. The average Bonchev–Trinajstić information content (AvgIpc) is 1.89. The third kappa shape index (κ3) is 5.24. The summed E-state index contributed by atoms with van der Waals surface area (Å²) in [6.45, 7) is 0.943. The smallest absolute Gasteiger partial charge is 0.169 e. The van der Waals surface area contributed by atoms with Crippen molar-refractivity contribution >= 4 is 17.9 Å². The van der Waals surface area contributed by atoms with Crippen molar-refractivity contribution in [2.75, 3.05) is 34.0 Å². The number of halogens is 1. The molecule has 0 aliphatic carbocycles. The number of ether oxygens (including phenoxy) is 1.